The number of quaternary nitrogens is 1. The first-order valence-corrected chi connectivity index (χ1v) is 5.67. The SMILES string of the molecule is [O-][NH2+]c1cnc(-c2cnc3ccc(F)cn23)nc1Cl. The van der Waals surface area contributed by atoms with E-state index in [4.69, 9.17) is 11.6 Å². The minimum Gasteiger partial charge on any atom is -0.630 e. The summed E-state index contributed by atoms with van der Waals surface area (Å²) in [5.74, 6) is -0.129. The second kappa shape index (κ2) is 4.54. The summed E-state index contributed by atoms with van der Waals surface area (Å²) in [6, 6.07) is 2.86. The Bertz CT molecular complexity index is 760. The number of aromatic nitrogens is 4. The van der Waals surface area contributed by atoms with Crippen molar-refractivity contribution in [2.45, 2.75) is 0 Å². The van der Waals surface area contributed by atoms with Gasteiger partial charge in [0.05, 0.1) is 12.4 Å². The van der Waals surface area contributed by atoms with Crippen LogP contribution in [0.15, 0.2) is 30.7 Å². The van der Waals surface area contributed by atoms with Crippen LogP contribution >= 0.6 is 11.6 Å². The molecule has 0 aliphatic heterocycles. The van der Waals surface area contributed by atoms with Crippen molar-refractivity contribution < 1.29 is 9.87 Å². The fourth-order valence-electron chi connectivity index (χ4n) is 1.69. The Labute approximate surface area is 111 Å². The number of rotatable bonds is 2. The number of imidazole rings is 1. The average Bonchev–Trinajstić information content (AvgIpc) is 2.81. The van der Waals surface area contributed by atoms with Crippen molar-refractivity contribution in [1.82, 2.24) is 19.4 Å². The lowest BCUT2D eigenvalue weighted by Crippen LogP contribution is -2.70. The molecule has 6 nitrogen and oxygen atoms in total. The molecule has 0 bridgehead atoms. The second-order valence-electron chi connectivity index (χ2n) is 3.78. The highest BCUT2D eigenvalue weighted by atomic mass is 35.5. The van der Waals surface area contributed by atoms with Crippen LogP contribution in [-0.4, -0.2) is 19.4 Å². The van der Waals surface area contributed by atoms with Gasteiger partial charge in [-0.3, -0.25) is 4.40 Å². The summed E-state index contributed by atoms with van der Waals surface area (Å²) in [6.45, 7) is 0. The van der Waals surface area contributed by atoms with Crippen molar-refractivity contribution in [3.8, 4) is 11.5 Å². The van der Waals surface area contributed by atoms with Crippen LogP contribution in [0.3, 0.4) is 0 Å². The highest BCUT2D eigenvalue weighted by molar-refractivity contribution is 6.31. The Morgan fingerprint density at radius 1 is 1.26 bits per heavy atom. The fraction of sp³-hybridized carbons (Fsp3) is 0. The highest BCUT2D eigenvalue weighted by Crippen LogP contribution is 2.21. The molecule has 3 aromatic heterocycles. The molecular formula is C11H7ClFN5O. The van der Waals surface area contributed by atoms with Crippen molar-refractivity contribution in [1.29, 1.82) is 0 Å². The van der Waals surface area contributed by atoms with Crippen LogP contribution in [-0.2, 0) is 0 Å². The maximum Gasteiger partial charge on any atom is 0.194 e. The molecule has 3 aromatic rings. The molecule has 8 heteroatoms. The average molecular weight is 280 g/mol. The molecule has 0 aliphatic rings. The minimum absolute atomic E-state index is 0.0475. The predicted molar refractivity (Wildman–Crippen MR) is 66.1 cm³/mol. The highest BCUT2D eigenvalue weighted by Gasteiger charge is 2.12. The third kappa shape index (κ3) is 2.03. The molecule has 96 valence electrons. The van der Waals surface area contributed by atoms with E-state index < -0.39 is 5.82 Å². The molecule has 3 rings (SSSR count). The van der Waals surface area contributed by atoms with E-state index in [1.54, 1.807) is 6.07 Å². The van der Waals surface area contributed by atoms with Gasteiger partial charge in [0.25, 0.3) is 0 Å². The zero-order chi connectivity index (χ0) is 13.4. The standard InChI is InChI=1S/C11H7ClFN5O/c12-10-7(17-19)3-15-11(16-10)8-4-14-9-2-1-6(13)5-18(8)9/h1-5H,17H2. The Morgan fingerprint density at radius 2 is 2.11 bits per heavy atom. The lowest BCUT2D eigenvalue weighted by atomic mass is 10.4. The zero-order valence-electron chi connectivity index (χ0n) is 9.42. The number of nitrogens with two attached hydrogens (primary N) is 1. The molecule has 0 aliphatic carbocycles. The molecule has 0 fully saturated rings. The van der Waals surface area contributed by atoms with Crippen LogP contribution in [0.5, 0.6) is 0 Å². The number of fused-ring (bicyclic) bond motifs is 1. The van der Waals surface area contributed by atoms with Gasteiger partial charge in [0.15, 0.2) is 16.7 Å². The van der Waals surface area contributed by atoms with Gasteiger partial charge in [-0.1, -0.05) is 11.6 Å². The molecule has 0 spiro atoms. The van der Waals surface area contributed by atoms with Gasteiger partial charge in [0.2, 0.25) is 0 Å². The maximum absolute atomic E-state index is 13.2. The molecule has 0 saturated carbocycles. The van der Waals surface area contributed by atoms with Crippen molar-refractivity contribution in [2.75, 3.05) is 0 Å². The number of nitrogens with zero attached hydrogens (tertiary/aromatic N) is 4. The molecule has 0 saturated heterocycles. The van der Waals surface area contributed by atoms with Gasteiger partial charge in [-0.15, -0.1) is 0 Å². The van der Waals surface area contributed by atoms with E-state index in [0.29, 0.717) is 16.8 Å². The third-order valence-corrected chi connectivity index (χ3v) is 2.90. The van der Waals surface area contributed by atoms with Crippen LogP contribution in [0.4, 0.5) is 10.1 Å². The fourth-order valence-corrected chi connectivity index (χ4v) is 1.87. The van der Waals surface area contributed by atoms with E-state index in [1.165, 1.54) is 29.1 Å². The lowest BCUT2D eigenvalue weighted by Gasteiger charge is -2.04. The summed E-state index contributed by atoms with van der Waals surface area (Å²) in [4.78, 5) is 12.1. The molecule has 0 unspecified atom stereocenters. The van der Waals surface area contributed by atoms with Gasteiger partial charge < -0.3 is 10.7 Å². The van der Waals surface area contributed by atoms with E-state index in [9.17, 15) is 9.60 Å². The third-order valence-electron chi connectivity index (χ3n) is 2.59. The summed E-state index contributed by atoms with van der Waals surface area (Å²) < 4.78 is 14.8. The Kier molecular flexibility index (Phi) is 2.86. The molecule has 2 N–H and O–H groups in total. The summed E-state index contributed by atoms with van der Waals surface area (Å²) >= 11 is 5.84. The van der Waals surface area contributed by atoms with Crippen LogP contribution < -0.4 is 5.48 Å². The number of halogens is 2. The van der Waals surface area contributed by atoms with E-state index in [0.717, 1.165) is 0 Å². The van der Waals surface area contributed by atoms with E-state index >= 15 is 0 Å². The first-order valence-electron chi connectivity index (χ1n) is 5.30. The van der Waals surface area contributed by atoms with Crippen molar-refractivity contribution in [3.05, 3.63) is 46.9 Å². The second-order valence-corrected chi connectivity index (χ2v) is 4.13. The van der Waals surface area contributed by atoms with Gasteiger partial charge >= 0.3 is 0 Å². The Hall–Kier alpha value is -2.09. The van der Waals surface area contributed by atoms with Crippen molar-refractivity contribution >= 4 is 22.9 Å². The summed E-state index contributed by atoms with van der Waals surface area (Å²) in [5, 5.41) is 10.7. The van der Waals surface area contributed by atoms with Crippen molar-refractivity contribution in [2.24, 2.45) is 0 Å². The summed E-state index contributed by atoms with van der Waals surface area (Å²) in [5.41, 5.74) is 1.83. The van der Waals surface area contributed by atoms with E-state index in [-0.39, 0.29) is 16.7 Å². The molecule has 0 amide bonds. The molecule has 0 atom stereocenters. The summed E-state index contributed by atoms with van der Waals surface area (Å²) in [6.07, 6.45) is 4.11. The minimum atomic E-state index is -0.401. The van der Waals surface area contributed by atoms with E-state index in [2.05, 4.69) is 15.0 Å². The number of hydrogen-bond donors (Lipinski definition) is 1. The molecule has 0 aromatic carbocycles. The number of hydrogen-bond acceptors (Lipinski definition) is 4. The summed E-state index contributed by atoms with van der Waals surface area (Å²) in [7, 11) is 0. The number of pyridine rings is 1. The normalized spacial score (nSPS) is 11.1. The quantitative estimate of drug-likeness (QED) is 0.566. The molecule has 19 heavy (non-hydrogen) atoms. The van der Waals surface area contributed by atoms with Crippen molar-refractivity contribution in [3.63, 3.8) is 0 Å². The topological polar surface area (TPSA) is 82.8 Å². The Morgan fingerprint density at radius 3 is 2.84 bits per heavy atom. The Balaban J connectivity index is 2.18. The van der Waals surface area contributed by atoms with Crippen LogP contribution in [0, 0.1) is 11.0 Å². The largest absolute Gasteiger partial charge is 0.630 e. The van der Waals surface area contributed by atoms with Crippen LogP contribution in [0.1, 0.15) is 0 Å². The van der Waals surface area contributed by atoms with Crippen LogP contribution in [0.25, 0.3) is 17.2 Å². The first-order chi connectivity index (χ1) is 9.19. The molecule has 3 heterocycles. The maximum atomic E-state index is 13.2. The van der Waals surface area contributed by atoms with Gasteiger partial charge in [-0.25, -0.2) is 19.3 Å². The first kappa shape index (κ1) is 12.0. The zero-order valence-corrected chi connectivity index (χ0v) is 10.2. The van der Waals surface area contributed by atoms with Gasteiger partial charge in [0, 0.05) is 6.20 Å². The van der Waals surface area contributed by atoms with Gasteiger partial charge in [0.1, 0.15) is 17.2 Å². The van der Waals surface area contributed by atoms with Gasteiger partial charge in [-0.05, 0) is 12.1 Å². The monoisotopic (exact) mass is 279 g/mol. The lowest BCUT2D eigenvalue weighted by molar-refractivity contribution is -0.497. The molecule has 0 radical (unpaired) electrons. The predicted octanol–water partition coefficient (Wildman–Crippen LogP) is 1.28. The molecular weight excluding hydrogens is 273 g/mol. The van der Waals surface area contributed by atoms with Gasteiger partial charge in [-0.2, -0.15) is 0 Å². The van der Waals surface area contributed by atoms with Crippen LogP contribution in [0.2, 0.25) is 5.15 Å². The smallest absolute Gasteiger partial charge is 0.194 e. The van der Waals surface area contributed by atoms with E-state index in [1.807, 2.05) is 0 Å².